The summed E-state index contributed by atoms with van der Waals surface area (Å²) >= 11 is 12.4. The molecule has 0 radical (unpaired) electrons. The van der Waals surface area contributed by atoms with E-state index in [0.29, 0.717) is 32.3 Å². The van der Waals surface area contributed by atoms with Gasteiger partial charge < -0.3 is 4.98 Å². The van der Waals surface area contributed by atoms with Crippen molar-refractivity contribution in [3.63, 3.8) is 0 Å². The maximum atomic E-state index is 12.6. The van der Waals surface area contributed by atoms with Crippen LogP contribution in [0.25, 0.3) is 10.9 Å². The number of nitrogens with one attached hydrogen (secondary N) is 2. The molecule has 1 aromatic carbocycles. The number of halogens is 2. The van der Waals surface area contributed by atoms with Crippen LogP contribution in [-0.2, 0) is 23.3 Å². The number of hydrogen-bond donors (Lipinski definition) is 2. The first-order valence-corrected chi connectivity index (χ1v) is 9.31. The van der Waals surface area contributed by atoms with Gasteiger partial charge in [0.2, 0.25) is 0 Å². The van der Waals surface area contributed by atoms with E-state index in [1.54, 1.807) is 30.6 Å². The monoisotopic (exact) mass is 382 g/mol. The summed E-state index contributed by atoms with van der Waals surface area (Å²) in [5, 5.41) is 1.54. The summed E-state index contributed by atoms with van der Waals surface area (Å²) in [5.41, 5.74) is 2.51. The molecule has 0 spiro atoms. The fourth-order valence-corrected chi connectivity index (χ4v) is 4.67. The minimum absolute atomic E-state index is 0.177. The summed E-state index contributed by atoms with van der Waals surface area (Å²) in [6, 6.07) is 7.13. The fraction of sp³-hybridized carbons (Fsp3) is 0.133. The molecule has 2 N–H and O–H groups in total. The van der Waals surface area contributed by atoms with Gasteiger partial charge in [-0.2, -0.15) is 12.7 Å². The molecule has 6 nitrogen and oxygen atoms in total. The molecule has 24 heavy (non-hydrogen) atoms. The molecule has 0 unspecified atom stereocenters. The van der Waals surface area contributed by atoms with Gasteiger partial charge in [0, 0.05) is 24.3 Å². The molecule has 3 aromatic rings. The number of hydrogen-bond acceptors (Lipinski definition) is 3. The molecule has 0 saturated heterocycles. The normalized spacial score (nSPS) is 16.8. The molecule has 1 aliphatic heterocycles. The standard InChI is InChI=1S/C15H12Cl2N4O2S/c16-11-5-9-7-21(8-10-3-1-2-4-18-10)24(22,23)20-14(9)15-13(11)12(17)6-19-15/h1-6,19-20H,7-8H2. The third kappa shape index (κ3) is 2.53. The van der Waals surface area contributed by atoms with Crippen LogP contribution < -0.4 is 4.72 Å². The van der Waals surface area contributed by atoms with E-state index in [1.165, 1.54) is 4.31 Å². The Hall–Kier alpha value is -1.80. The third-order valence-electron chi connectivity index (χ3n) is 3.93. The van der Waals surface area contributed by atoms with E-state index < -0.39 is 10.2 Å². The Balaban J connectivity index is 1.79. The molecular weight excluding hydrogens is 371 g/mol. The van der Waals surface area contributed by atoms with Crippen LogP contribution in [0.15, 0.2) is 36.7 Å². The highest BCUT2D eigenvalue weighted by Crippen LogP contribution is 2.40. The van der Waals surface area contributed by atoms with Crippen molar-refractivity contribution in [3.8, 4) is 0 Å². The Kier molecular flexibility index (Phi) is 3.69. The second kappa shape index (κ2) is 5.63. The molecule has 1 aliphatic rings. The molecule has 124 valence electrons. The average Bonchev–Trinajstić information content (AvgIpc) is 2.93. The van der Waals surface area contributed by atoms with Crippen LogP contribution in [-0.4, -0.2) is 22.7 Å². The molecule has 0 aliphatic carbocycles. The number of anilines is 1. The number of benzene rings is 1. The number of fused-ring (bicyclic) bond motifs is 3. The highest BCUT2D eigenvalue weighted by atomic mass is 35.5. The van der Waals surface area contributed by atoms with Gasteiger partial charge in [-0.3, -0.25) is 9.71 Å². The van der Waals surface area contributed by atoms with Gasteiger partial charge in [-0.25, -0.2) is 0 Å². The highest BCUT2D eigenvalue weighted by molar-refractivity contribution is 7.90. The Morgan fingerprint density at radius 3 is 2.83 bits per heavy atom. The van der Waals surface area contributed by atoms with Crippen LogP contribution in [0.1, 0.15) is 11.3 Å². The van der Waals surface area contributed by atoms with Gasteiger partial charge in [0.25, 0.3) is 0 Å². The lowest BCUT2D eigenvalue weighted by Gasteiger charge is -2.29. The van der Waals surface area contributed by atoms with Gasteiger partial charge in [-0.15, -0.1) is 0 Å². The summed E-state index contributed by atoms with van der Waals surface area (Å²) in [7, 11) is -3.69. The second-order valence-corrected chi connectivity index (χ2v) is 7.96. The Labute approximate surface area is 148 Å². The summed E-state index contributed by atoms with van der Waals surface area (Å²) < 4.78 is 29.1. The van der Waals surface area contributed by atoms with Gasteiger partial charge >= 0.3 is 10.2 Å². The first kappa shape index (κ1) is 15.7. The van der Waals surface area contributed by atoms with Crippen LogP contribution in [0.2, 0.25) is 10.0 Å². The molecule has 0 amide bonds. The molecule has 3 heterocycles. The van der Waals surface area contributed by atoms with Gasteiger partial charge in [0.15, 0.2) is 0 Å². The number of pyridine rings is 1. The van der Waals surface area contributed by atoms with E-state index in [0.717, 1.165) is 5.56 Å². The van der Waals surface area contributed by atoms with E-state index >= 15 is 0 Å². The number of nitrogens with zero attached hydrogens (tertiary/aromatic N) is 2. The minimum Gasteiger partial charge on any atom is -0.358 e. The van der Waals surface area contributed by atoms with Crippen LogP contribution in [0.5, 0.6) is 0 Å². The predicted molar refractivity (Wildman–Crippen MR) is 94.3 cm³/mol. The van der Waals surface area contributed by atoms with Crippen molar-refractivity contribution in [2.45, 2.75) is 13.1 Å². The molecule has 0 fully saturated rings. The number of aromatic amines is 1. The Morgan fingerprint density at radius 2 is 2.08 bits per heavy atom. The molecular formula is C15H12Cl2N4O2S. The van der Waals surface area contributed by atoms with Gasteiger partial charge in [0.1, 0.15) is 0 Å². The third-order valence-corrected chi connectivity index (χ3v) is 5.92. The number of aromatic nitrogens is 2. The second-order valence-electron chi connectivity index (χ2n) is 5.48. The molecule has 0 bridgehead atoms. The summed E-state index contributed by atoms with van der Waals surface area (Å²) in [5.74, 6) is 0. The summed E-state index contributed by atoms with van der Waals surface area (Å²) in [4.78, 5) is 7.17. The Morgan fingerprint density at radius 1 is 1.25 bits per heavy atom. The van der Waals surface area contributed by atoms with E-state index in [9.17, 15) is 8.42 Å². The van der Waals surface area contributed by atoms with Crippen LogP contribution in [0, 0.1) is 0 Å². The van der Waals surface area contributed by atoms with Crippen molar-refractivity contribution in [1.29, 1.82) is 0 Å². The lowest BCUT2D eigenvalue weighted by molar-refractivity contribution is 0.396. The van der Waals surface area contributed by atoms with E-state index in [1.807, 2.05) is 6.07 Å². The van der Waals surface area contributed by atoms with Crippen molar-refractivity contribution in [2.24, 2.45) is 0 Å². The van der Waals surface area contributed by atoms with Crippen molar-refractivity contribution in [1.82, 2.24) is 14.3 Å². The molecule has 2 aromatic heterocycles. The molecule has 9 heteroatoms. The molecule has 4 rings (SSSR count). The van der Waals surface area contributed by atoms with Crippen LogP contribution in [0.4, 0.5) is 5.69 Å². The average molecular weight is 383 g/mol. The highest BCUT2D eigenvalue weighted by Gasteiger charge is 2.31. The molecule has 0 saturated carbocycles. The Bertz CT molecular complexity index is 1030. The smallest absolute Gasteiger partial charge is 0.302 e. The van der Waals surface area contributed by atoms with Gasteiger partial charge in [0.05, 0.1) is 33.5 Å². The van der Waals surface area contributed by atoms with Gasteiger partial charge in [-0.05, 0) is 23.8 Å². The molecule has 0 atom stereocenters. The first-order valence-electron chi connectivity index (χ1n) is 7.11. The lowest BCUT2D eigenvalue weighted by Crippen LogP contribution is -2.39. The zero-order chi connectivity index (χ0) is 16.9. The SMILES string of the molecule is O=S1(=O)Nc2c(cc(Cl)c3c(Cl)c[nH]c23)CN1Cc1ccccn1. The van der Waals surface area contributed by atoms with Crippen molar-refractivity contribution in [3.05, 3.63) is 58.0 Å². The predicted octanol–water partition coefficient (Wildman–Crippen LogP) is 3.54. The maximum absolute atomic E-state index is 12.6. The van der Waals surface area contributed by atoms with E-state index in [-0.39, 0.29) is 13.1 Å². The summed E-state index contributed by atoms with van der Waals surface area (Å²) in [6.07, 6.45) is 3.22. The topological polar surface area (TPSA) is 78.1 Å². The lowest BCUT2D eigenvalue weighted by atomic mass is 10.1. The fourth-order valence-electron chi connectivity index (χ4n) is 2.81. The summed E-state index contributed by atoms with van der Waals surface area (Å²) in [6.45, 7) is 0.379. The van der Waals surface area contributed by atoms with E-state index in [4.69, 9.17) is 23.2 Å². The quantitative estimate of drug-likeness (QED) is 0.711. The van der Waals surface area contributed by atoms with Gasteiger partial charge in [-0.1, -0.05) is 29.3 Å². The van der Waals surface area contributed by atoms with E-state index in [2.05, 4.69) is 14.7 Å². The maximum Gasteiger partial charge on any atom is 0.302 e. The largest absolute Gasteiger partial charge is 0.358 e. The first-order chi connectivity index (χ1) is 11.5. The number of H-pyrrole nitrogens is 1. The zero-order valence-corrected chi connectivity index (χ0v) is 14.6. The number of rotatable bonds is 2. The zero-order valence-electron chi connectivity index (χ0n) is 12.3. The van der Waals surface area contributed by atoms with Crippen LogP contribution >= 0.6 is 23.2 Å². The van der Waals surface area contributed by atoms with Crippen molar-refractivity contribution < 1.29 is 8.42 Å². The van der Waals surface area contributed by atoms with Crippen molar-refractivity contribution in [2.75, 3.05) is 4.72 Å². The minimum atomic E-state index is -3.69. The van der Waals surface area contributed by atoms with Crippen molar-refractivity contribution >= 4 is 50.0 Å². The van der Waals surface area contributed by atoms with Crippen LogP contribution in [0.3, 0.4) is 0 Å².